The van der Waals surface area contributed by atoms with Gasteiger partial charge in [-0.25, -0.2) is 9.78 Å². The van der Waals surface area contributed by atoms with Crippen LogP contribution < -0.4 is 11.1 Å². The maximum absolute atomic E-state index is 13.6. The molecular weight excluding hydrogens is 615 g/mol. The van der Waals surface area contributed by atoms with E-state index in [9.17, 15) is 27.6 Å². The molecule has 12 nitrogen and oxygen atoms in total. The highest BCUT2D eigenvalue weighted by atomic mass is 35.5. The monoisotopic (exact) mass is 645 g/mol. The lowest BCUT2D eigenvalue weighted by Gasteiger charge is -2.39. The molecule has 1 atom stereocenters. The van der Waals surface area contributed by atoms with Gasteiger partial charge in [-0.1, -0.05) is 11.6 Å². The van der Waals surface area contributed by atoms with Crippen LogP contribution in [0.4, 0.5) is 23.7 Å². The molecule has 0 radical (unpaired) electrons. The molecule has 238 valence electrons. The van der Waals surface area contributed by atoms with Gasteiger partial charge in [0.25, 0.3) is 11.8 Å². The highest BCUT2D eigenvalue weighted by molar-refractivity contribution is 6.34. The summed E-state index contributed by atoms with van der Waals surface area (Å²) >= 11 is 6.44. The summed E-state index contributed by atoms with van der Waals surface area (Å²) < 4.78 is 42.1. The van der Waals surface area contributed by atoms with Crippen molar-refractivity contribution in [3.05, 3.63) is 52.2 Å². The molecule has 45 heavy (non-hydrogen) atoms. The summed E-state index contributed by atoms with van der Waals surface area (Å²) in [6, 6.07) is 4.27. The predicted molar refractivity (Wildman–Crippen MR) is 159 cm³/mol. The van der Waals surface area contributed by atoms with Gasteiger partial charge in [0.2, 0.25) is 0 Å². The molecule has 0 saturated carbocycles. The Morgan fingerprint density at radius 1 is 1.16 bits per heavy atom. The van der Waals surface area contributed by atoms with Crippen LogP contribution in [-0.4, -0.2) is 97.6 Å². The first-order valence-corrected chi connectivity index (χ1v) is 14.6. The fourth-order valence-corrected chi connectivity index (χ4v) is 5.81. The number of carbonyl (C=O) groups excluding carboxylic acids is 3. The number of terminal acetylenes is 1. The van der Waals surface area contributed by atoms with Crippen molar-refractivity contribution in [3.8, 4) is 23.6 Å². The Labute approximate surface area is 261 Å². The molecule has 1 aromatic carbocycles. The third kappa shape index (κ3) is 6.62. The maximum Gasteiger partial charge on any atom is 0.435 e. The van der Waals surface area contributed by atoms with Crippen LogP contribution in [0.2, 0.25) is 5.02 Å². The van der Waals surface area contributed by atoms with E-state index in [-0.39, 0.29) is 63.5 Å². The number of alkyl halides is 3. The topological polar surface area (TPSA) is 145 Å². The number of halogens is 4. The zero-order valence-corrected chi connectivity index (χ0v) is 25.1. The third-order valence-electron chi connectivity index (χ3n) is 7.86. The first-order valence-electron chi connectivity index (χ1n) is 14.2. The molecule has 4 amide bonds. The van der Waals surface area contributed by atoms with E-state index >= 15 is 0 Å². The fourth-order valence-electron chi connectivity index (χ4n) is 5.55. The van der Waals surface area contributed by atoms with Crippen molar-refractivity contribution in [2.24, 2.45) is 12.8 Å². The number of piperidine rings is 1. The predicted octanol–water partition coefficient (Wildman–Crippen LogP) is 3.21. The molecule has 0 unspecified atom stereocenters. The van der Waals surface area contributed by atoms with E-state index in [4.69, 9.17) is 23.8 Å². The molecular formula is C29H31ClF3N9O3. The quantitative estimate of drug-likeness (QED) is 0.364. The summed E-state index contributed by atoms with van der Waals surface area (Å²) in [6.07, 6.45) is 3.30. The summed E-state index contributed by atoms with van der Waals surface area (Å²) in [4.78, 5) is 48.3. The molecule has 0 bridgehead atoms. The highest BCUT2D eigenvalue weighted by Crippen LogP contribution is 2.38. The van der Waals surface area contributed by atoms with E-state index in [1.807, 2.05) is 0 Å². The number of benzene rings is 1. The van der Waals surface area contributed by atoms with E-state index in [1.165, 1.54) is 29.8 Å². The molecule has 0 spiro atoms. The molecule has 2 aliphatic rings. The second-order valence-corrected chi connectivity index (χ2v) is 11.3. The van der Waals surface area contributed by atoms with Gasteiger partial charge in [0.1, 0.15) is 0 Å². The summed E-state index contributed by atoms with van der Waals surface area (Å²) in [7, 11) is 1.40. The Kier molecular flexibility index (Phi) is 9.08. The molecule has 4 N–H and O–H groups in total. The standard InChI is InChI=1S/C29H31ClF3N9O3/c1-3-5-21-23(24(38-37-21)29(31,32)33)22-15-35-25(39(22)2)26(43)36-18-7-8-19(20(30)14-18)27(44)40-10-12-41(13-11-40)28(45)42-9-4-6-17(34)16-42/h1,7-8,14-15,17H,4-6,9-13,16,34H2,2H3,(H,36,43)(H,37,38)/t17-/m0/s1. The van der Waals surface area contributed by atoms with Crippen molar-refractivity contribution in [1.29, 1.82) is 0 Å². The lowest BCUT2D eigenvalue weighted by molar-refractivity contribution is -0.140. The Bertz CT molecular complexity index is 1650. The van der Waals surface area contributed by atoms with Crippen molar-refractivity contribution >= 4 is 35.1 Å². The molecule has 0 aliphatic carbocycles. The van der Waals surface area contributed by atoms with Gasteiger partial charge in [-0.15, -0.1) is 12.3 Å². The molecule has 2 fully saturated rings. The number of nitrogens with zero attached hydrogens (tertiary/aromatic N) is 6. The summed E-state index contributed by atoms with van der Waals surface area (Å²) in [6.45, 7) is 2.60. The summed E-state index contributed by atoms with van der Waals surface area (Å²) in [5.41, 5.74) is 5.06. The number of nitrogens with two attached hydrogens (primary N) is 1. The number of amides is 4. The second-order valence-electron chi connectivity index (χ2n) is 10.9. The number of anilines is 1. The average Bonchev–Trinajstić information content (AvgIpc) is 3.60. The number of urea groups is 1. The molecule has 3 aromatic rings. The van der Waals surface area contributed by atoms with Gasteiger partial charge in [0.15, 0.2) is 11.5 Å². The van der Waals surface area contributed by atoms with E-state index in [1.54, 1.807) is 14.7 Å². The van der Waals surface area contributed by atoms with Gasteiger partial charge in [-0.05, 0) is 31.0 Å². The molecule has 2 aromatic heterocycles. The van der Waals surface area contributed by atoms with Gasteiger partial charge in [-0.3, -0.25) is 14.7 Å². The number of aromatic nitrogens is 4. The lowest BCUT2D eigenvalue weighted by Crippen LogP contribution is -2.56. The average molecular weight is 646 g/mol. The van der Waals surface area contributed by atoms with Crippen molar-refractivity contribution in [3.63, 3.8) is 0 Å². The number of nitrogens with one attached hydrogen (secondary N) is 2. The number of hydrogen-bond acceptors (Lipinski definition) is 6. The summed E-state index contributed by atoms with van der Waals surface area (Å²) in [5.74, 6) is 1.08. The van der Waals surface area contributed by atoms with Crippen LogP contribution in [0.5, 0.6) is 0 Å². The van der Waals surface area contributed by atoms with Crippen LogP contribution in [0.1, 0.15) is 45.2 Å². The number of likely N-dealkylation sites (tertiary alicyclic amines) is 1. The van der Waals surface area contributed by atoms with Crippen LogP contribution in [0.3, 0.4) is 0 Å². The Morgan fingerprint density at radius 3 is 2.51 bits per heavy atom. The number of H-pyrrole nitrogens is 1. The number of piperazine rings is 1. The van der Waals surface area contributed by atoms with Gasteiger partial charge >= 0.3 is 12.2 Å². The normalized spacial score (nSPS) is 17.3. The van der Waals surface area contributed by atoms with Crippen LogP contribution in [0, 0.1) is 12.3 Å². The van der Waals surface area contributed by atoms with Gasteiger partial charge in [0, 0.05) is 58.0 Å². The smallest absolute Gasteiger partial charge is 0.335 e. The lowest BCUT2D eigenvalue weighted by atomic mass is 10.1. The van der Waals surface area contributed by atoms with E-state index < -0.39 is 17.8 Å². The molecule has 4 heterocycles. The summed E-state index contributed by atoms with van der Waals surface area (Å²) in [5, 5.41) is 8.42. The Morgan fingerprint density at radius 2 is 1.87 bits per heavy atom. The molecule has 5 rings (SSSR count). The van der Waals surface area contributed by atoms with Crippen molar-refractivity contribution < 1.29 is 27.6 Å². The number of imidazole rings is 1. The van der Waals surface area contributed by atoms with Gasteiger partial charge < -0.3 is 30.3 Å². The molecule has 2 aliphatic heterocycles. The van der Waals surface area contributed by atoms with Gasteiger partial charge in [-0.2, -0.15) is 18.3 Å². The van der Waals surface area contributed by atoms with Crippen LogP contribution in [0.15, 0.2) is 24.4 Å². The fraction of sp³-hybridized carbons (Fsp3) is 0.414. The zero-order valence-electron chi connectivity index (χ0n) is 24.3. The zero-order chi connectivity index (χ0) is 32.5. The minimum Gasteiger partial charge on any atom is -0.335 e. The largest absolute Gasteiger partial charge is 0.435 e. The van der Waals surface area contributed by atoms with Crippen molar-refractivity contribution in [1.82, 2.24) is 34.4 Å². The van der Waals surface area contributed by atoms with Crippen LogP contribution in [-0.2, 0) is 19.6 Å². The second kappa shape index (κ2) is 12.8. The highest BCUT2D eigenvalue weighted by Gasteiger charge is 2.39. The minimum absolute atomic E-state index is 0.00764. The third-order valence-corrected chi connectivity index (χ3v) is 8.17. The first kappa shape index (κ1) is 31.9. The van der Waals surface area contributed by atoms with E-state index in [2.05, 4.69) is 26.4 Å². The Hall–Kier alpha value is -4.55. The number of aromatic amines is 1. The van der Waals surface area contributed by atoms with Crippen LogP contribution >= 0.6 is 11.6 Å². The van der Waals surface area contributed by atoms with Crippen LogP contribution in [0.25, 0.3) is 11.3 Å². The molecule has 16 heteroatoms. The number of rotatable bonds is 5. The van der Waals surface area contributed by atoms with E-state index in [0.717, 1.165) is 19.0 Å². The Balaban J connectivity index is 1.24. The van der Waals surface area contributed by atoms with Gasteiger partial charge in [0.05, 0.1) is 40.2 Å². The number of hydrogen-bond donors (Lipinski definition) is 3. The minimum atomic E-state index is -4.77. The SMILES string of the molecule is C#CCc1[nH]nc(C(F)(F)F)c1-c1cnc(C(=O)Nc2ccc(C(=O)N3CCN(C(=O)N4CCC[C@H](N)C4)CC3)c(Cl)c2)n1C. The van der Waals surface area contributed by atoms with E-state index in [0.29, 0.717) is 39.3 Å². The van der Waals surface area contributed by atoms with Crippen molar-refractivity contribution in [2.45, 2.75) is 31.5 Å². The number of carbonyl (C=O) groups is 3. The maximum atomic E-state index is 13.6. The van der Waals surface area contributed by atoms with Crippen molar-refractivity contribution in [2.75, 3.05) is 44.6 Å². The molecule has 2 saturated heterocycles. The first-order chi connectivity index (χ1) is 21.4.